The number of nitrogens with one attached hydrogen (secondary N) is 2. The van der Waals surface area contributed by atoms with Gasteiger partial charge in [-0.1, -0.05) is 50.2 Å². The SMILES string of the molecule is CC(C)[C@H](CO)Nc1nc(NCCc2ccccc2)cc(-c2ccccn2)n1. The number of hydrogen-bond acceptors (Lipinski definition) is 6. The molecule has 0 spiro atoms. The van der Waals surface area contributed by atoms with Crippen molar-refractivity contribution in [1.82, 2.24) is 15.0 Å². The summed E-state index contributed by atoms with van der Waals surface area (Å²) in [5.41, 5.74) is 2.79. The molecule has 3 aromatic rings. The van der Waals surface area contributed by atoms with E-state index in [1.807, 2.05) is 42.5 Å². The number of hydrogen-bond donors (Lipinski definition) is 3. The van der Waals surface area contributed by atoms with E-state index >= 15 is 0 Å². The number of aliphatic hydroxyl groups is 1. The van der Waals surface area contributed by atoms with Crippen LogP contribution in [0.25, 0.3) is 11.4 Å². The molecular weight excluding hydrogens is 350 g/mol. The van der Waals surface area contributed by atoms with Gasteiger partial charge in [0.1, 0.15) is 5.82 Å². The Hall–Kier alpha value is -2.99. The van der Waals surface area contributed by atoms with E-state index in [0.717, 1.165) is 30.2 Å². The summed E-state index contributed by atoms with van der Waals surface area (Å²) in [6.07, 6.45) is 2.65. The number of aromatic nitrogens is 3. The molecule has 3 rings (SSSR count). The predicted octanol–water partition coefficient (Wildman–Crippen LogP) is 3.62. The van der Waals surface area contributed by atoms with Crippen LogP contribution in [-0.4, -0.2) is 39.3 Å². The molecule has 1 atom stereocenters. The second-order valence-corrected chi connectivity index (χ2v) is 7.02. The molecule has 0 saturated carbocycles. The average Bonchev–Trinajstić information content (AvgIpc) is 2.73. The van der Waals surface area contributed by atoms with E-state index in [4.69, 9.17) is 0 Å². The molecule has 3 N–H and O–H groups in total. The van der Waals surface area contributed by atoms with Crippen LogP contribution >= 0.6 is 0 Å². The second kappa shape index (κ2) is 9.80. The third kappa shape index (κ3) is 5.50. The molecule has 6 heteroatoms. The summed E-state index contributed by atoms with van der Waals surface area (Å²) in [6.45, 7) is 4.88. The molecule has 0 aliphatic heterocycles. The Labute approximate surface area is 166 Å². The zero-order valence-corrected chi connectivity index (χ0v) is 16.3. The summed E-state index contributed by atoms with van der Waals surface area (Å²) in [5.74, 6) is 1.47. The van der Waals surface area contributed by atoms with E-state index in [1.165, 1.54) is 5.56 Å². The topological polar surface area (TPSA) is 83.0 Å². The quantitative estimate of drug-likeness (QED) is 0.528. The van der Waals surface area contributed by atoms with Crippen LogP contribution in [0.15, 0.2) is 60.8 Å². The normalized spacial score (nSPS) is 12.0. The molecule has 28 heavy (non-hydrogen) atoms. The minimum atomic E-state index is -0.115. The Bertz CT molecular complexity index is 855. The van der Waals surface area contributed by atoms with Gasteiger partial charge < -0.3 is 15.7 Å². The van der Waals surface area contributed by atoms with E-state index in [-0.39, 0.29) is 18.6 Å². The molecule has 146 valence electrons. The van der Waals surface area contributed by atoms with Crippen LogP contribution < -0.4 is 10.6 Å². The molecule has 0 fully saturated rings. The first kappa shape index (κ1) is 19.8. The summed E-state index contributed by atoms with van der Waals surface area (Å²) < 4.78 is 0. The molecule has 1 aromatic carbocycles. The van der Waals surface area contributed by atoms with Gasteiger partial charge in [0, 0.05) is 18.8 Å². The largest absolute Gasteiger partial charge is 0.394 e. The molecule has 0 radical (unpaired) electrons. The number of benzene rings is 1. The molecule has 2 heterocycles. The number of aliphatic hydroxyl groups excluding tert-OH is 1. The van der Waals surface area contributed by atoms with Gasteiger partial charge in [-0.2, -0.15) is 4.98 Å². The van der Waals surface area contributed by atoms with Crippen molar-refractivity contribution in [2.24, 2.45) is 5.92 Å². The number of pyridine rings is 1. The first-order chi connectivity index (χ1) is 13.7. The Morgan fingerprint density at radius 2 is 1.75 bits per heavy atom. The highest BCUT2D eigenvalue weighted by molar-refractivity contribution is 5.61. The van der Waals surface area contributed by atoms with E-state index in [0.29, 0.717) is 5.95 Å². The monoisotopic (exact) mass is 377 g/mol. The van der Waals surface area contributed by atoms with Gasteiger partial charge in [-0.05, 0) is 30.0 Å². The predicted molar refractivity (Wildman–Crippen MR) is 113 cm³/mol. The Balaban J connectivity index is 1.80. The Kier molecular flexibility index (Phi) is 6.92. The minimum absolute atomic E-state index is 0.0195. The fourth-order valence-corrected chi connectivity index (χ4v) is 2.82. The van der Waals surface area contributed by atoms with Gasteiger partial charge in [0.05, 0.1) is 24.0 Å². The smallest absolute Gasteiger partial charge is 0.225 e. The lowest BCUT2D eigenvalue weighted by Gasteiger charge is -2.20. The lowest BCUT2D eigenvalue weighted by Crippen LogP contribution is -2.30. The second-order valence-electron chi connectivity index (χ2n) is 7.02. The van der Waals surface area contributed by atoms with E-state index in [2.05, 4.69) is 51.6 Å². The average molecular weight is 377 g/mol. The fraction of sp³-hybridized carbons (Fsp3) is 0.318. The Morgan fingerprint density at radius 1 is 0.964 bits per heavy atom. The van der Waals surface area contributed by atoms with E-state index in [1.54, 1.807) is 6.20 Å². The molecule has 0 saturated heterocycles. The van der Waals surface area contributed by atoms with Crippen LogP contribution in [0, 0.1) is 5.92 Å². The van der Waals surface area contributed by atoms with Crippen LogP contribution in [0.4, 0.5) is 11.8 Å². The van der Waals surface area contributed by atoms with Crippen molar-refractivity contribution in [2.45, 2.75) is 26.3 Å². The number of nitrogens with zero attached hydrogens (tertiary/aromatic N) is 3. The van der Waals surface area contributed by atoms with Crippen LogP contribution in [0.3, 0.4) is 0 Å². The third-order valence-corrected chi connectivity index (χ3v) is 4.53. The zero-order valence-electron chi connectivity index (χ0n) is 16.3. The van der Waals surface area contributed by atoms with Gasteiger partial charge in [0.15, 0.2) is 0 Å². The summed E-state index contributed by atoms with van der Waals surface area (Å²) in [4.78, 5) is 13.6. The maximum Gasteiger partial charge on any atom is 0.225 e. The molecule has 0 bridgehead atoms. The van der Waals surface area contributed by atoms with Crippen LogP contribution in [0.1, 0.15) is 19.4 Å². The molecular formula is C22H27N5O. The summed E-state index contributed by atoms with van der Waals surface area (Å²) in [7, 11) is 0. The minimum Gasteiger partial charge on any atom is -0.394 e. The molecule has 6 nitrogen and oxygen atoms in total. The first-order valence-corrected chi connectivity index (χ1v) is 9.61. The molecule has 0 amide bonds. The number of anilines is 2. The van der Waals surface area contributed by atoms with Gasteiger partial charge in [-0.15, -0.1) is 0 Å². The summed E-state index contributed by atoms with van der Waals surface area (Å²) >= 11 is 0. The van der Waals surface area contributed by atoms with Gasteiger partial charge in [-0.3, -0.25) is 4.98 Å². The number of rotatable bonds is 9. The molecule has 0 aliphatic rings. The van der Waals surface area contributed by atoms with Crippen molar-refractivity contribution in [3.8, 4) is 11.4 Å². The van der Waals surface area contributed by atoms with Crippen molar-refractivity contribution in [3.63, 3.8) is 0 Å². The van der Waals surface area contributed by atoms with Gasteiger partial charge in [0.25, 0.3) is 0 Å². The van der Waals surface area contributed by atoms with Crippen LogP contribution in [0.5, 0.6) is 0 Å². The van der Waals surface area contributed by atoms with E-state index in [9.17, 15) is 5.11 Å². The fourth-order valence-electron chi connectivity index (χ4n) is 2.82. The highest BCUT2D eigenvalue weighted by atomic mass is 16.3. The maximum absolute atomic E-state index is 9.63. The van der Waals surface area contributed by atoms with Gasteiger partial charge in [-0.25, -0.2) is 4.98 Å². The summed E-state index contributed by atoms with van der Waals surface area (Å²) in [6, 6.07) is 17.9. The van der Waals surface area contributed by atoms with Crippen molar-refractivity contribution < 1.29 is 5.11 Å². The molecule has 0 unspecified atom stereocenters. The van der Waals surface area contributed by atoms with Crippen molar-refractivity contribution >= 4 is 11.8 Å². The molecule has 2 aromatic heterocycles. The van der Waals surface area contributed by atoms with Crippen molar-refractivity contribution in [3.05, 3.63) is 66.4 Å². The maximum atomic E-state index is 9.63. The highest BCUT2D eigenvalue weighted by Gasteiger charge is 2.15. The lowest BCUT2D eigenvalue weighted by atomic mass is 10.1. The van der Waals surface area contributed by atoms with Crippen LogP contribution in [0.2, 0.25) is 0 Å². The summed E-state index contributed by atoms with van der Waals surface area (Å²) in [5, 5.41) is 16.3. The van der Waals surface area contributed by atoms with Gasteiger partial charge in [0.2, 0.25) is 5.95 Å². The lowest BCUT2D eigenvalue weighted by molar-refractivity contribution is 0.248. The van der Waals surface area contributed by atoms with Crippen LogP contribution in [-0.2, 0) is 6.42 Å². The van der Waals surface area contributed by atoms with E-state index < -0.39 is 0 Å². The standard InChI is InChI=1S/C22H27N5O/c1-16(2)20(15-28)26-22-25-19(18-10-6-7-12-23-18)14-21(27-22)24-13-11-17-8-4-3-5-9-17/h3-10,12,14,16,20,28H,11,13,15H2,1-2H3,(H2,24,25,26,27)/t20-/m0/s1. The van der Waals surface area contributed by atoms with Crippen molar-refractivity contribution in [1.29, 1.82) is 0 Å². The molecule has 0 aliphatic carbocycles. The van der Waals surface area contributed by atoms with Gasteiger partial charge >= 0.3 is 0 Å². The highest BCUT2D eigenvalue weighted by Crippen LogP contribution is 2.20. The van der Waals surface area contributed by atoms with Crippen molar-refractivity contribution in [2.75, 3.05) is 23.8 Å². The Morgan fingerprint density at radius 3 is 2.43 bits per heavy atom. The third-order valence-electron chi connectivity index (χ3n) is 4.53. The zero-order chi connectivity index (χ0) is 19.8. The first-order valence-electron chi connectivity index (χ1n) is 9.61.